The number of carbonyl (C=O) groups is 3. The van der Waals surface area contributed by atoms with Gasteiger partial charge in [0.05, 0.1) is 5.92 Å². The molecule has 0 radical (unpaired) electrons. The van der Waals surface area contributed by atoms with Crippen molar-refractivity contribution in [3.05, 3.63) is 59.4 Å². The summed E-state index contributed by atoms with van der Waals surface area (Å²) in [5, 5.41) is 2.83. The molecular formula is C22H22FN3O3. The summed E-state index contributed by atoms with van der Waals surface area (Å²) in [4.78, 5) is 40.1. The maximum Gasteiger partial charge on any atom is 0.227 e. The lowest BCUT2D eigenvalue weighted by atomic mass is 10.1. The van der Waals surface area contributed by atoms with E-state index in [1.165, 1.54) is 12.1 Å². The van der Waals surface area contributed by atoms with Gasteiger partial charge in [-0.05, 0) is 47.9 Å². The van der Waals surface area contributed by atoms with E-state index >= 15 is 0 Å². The summed E-state index contributed by atoms with van der Waals surface area (Å²) in [5.41, 5.74) is 3.48. The van der Waals surface area contributed by atoms with Crippen LogP contribution in [0.1, 0.15) is 24.5 Å². The third-order valence-corrected chi connectivity index (χ3v) is 5.53. The number of anilines is 2. The van der Waals surface area contributed by atoms with Crippen molar-refractivity contribution in [1.29, 1.82) is 0 Å². The number of carbonyl (C=O) groups excluding carboxylic acids is 3. The molecule has 0 aromatic heterocycles. The quantitative estimate of drug-likeness (QED) is 0.864. The third-order valence-electron chi connectivity index (χ3n) is 5.53. The Balaban J connectivity index is 1.41. The highest BCUT2D eigenvalue weighted by Crippen LogP contribution is 2.34. The molecule has 4 rings (SSSR count). The number of nitrogens with zero attached hydrogens (tertiary/aromatic N) is 2. The third kappa shape index (κ3) is 3.85. The van der Waals surface area contributed by atoms with E-state index in [-0.39, 0.29) is 30.0 Å². The molecule has 7 heteroatoms. The summed E-state index contributed by atoms with van der Waals surface area (Å²) in [7, 11) is 0. The predicted molar refractivity (Wildman–Crippen MR) is 107 cm³/mol. The fraction of sp³-hybridized carbons (Fsp3) is 0.318. The second-order valence-corrected chi connectivity index (χ2v) is 7.48. The number of nitrogens with one attached hydrogen (secondary N) is 1. The van der Waals surface area contributed by atoms with Crippen molar-refractivity contribution < 1.29 is 18.8 Å². The van der Waals surface area contributed by atoms with Crippen molar-refractivity contribution in [1.82, 2.24) is 5.32 Å². The largest absolute Gasteiger partial charge is 0.352 e. The van der Waals surface area contributed by atoms with Crippen LogP contribution in [0, 0.1) is 11.7 Å². The number of fused-ring (bicyclic) bond motifs is 1. The normalized spacial score (nSPS) is 18.1. The second kappa shape index (κ2) is 7.66. The van der Waals surface area contributed by atoms with Gasteiger partial charge in [0.2, 0.25) is 17.7 Å². The van der Waals surface area contributed by atoms with Crippen LogP contribution in [-0.2, 0) is 27.3 Å². The summed E-state index contributed by atoms with van der Waals surface area (Å²) in [6.45, 7) is 2.81. The fourth-order valence-corrected chi connectivity index (χ4v) is 3.95. The number of hydrogen-bond acceptors (Lipinski definition) is 3. The Hall–Kier alpha value is -3.22. The summed E-state index contributed by atoms with van der Waals surface area (Å²) in [5.74, 6) is -1.02. The van der Waals surface area contributed by atoms with E-state index in [9.17, 15) is 18.8 Å². The van der Waals surface area contributed by atoms with Crippen molar-refractivity contribution >= 4 is 29.1 Å². The van der Waals surface area contributed by atoms with Gasteiger partial charge in [0.25, 0.3) is 0 Å². The van der Waals surface area contributed by atoms with Crippen molar-refractivity contribution in [2.45, 2.75) is 26.3 Å². The van der Waals surface area contributed by atoms with Crippen molar-refractivity contribution in [2.75, 3.05) is 22.9 Å². The zero-order chi connectivity index (χ0) is 20.5. The van der Waals surface area contributed by atoms with Crippen LogP contribution in [0.25, 0.3) is 0 Å². The minimum absolute atomic E-state index is 0.00615. The lowest BCUT2D eigenvalue weighted by Crippen LogP contribution is -2.32. The number of benzene rings is 2. The van der Waals surface area contributed by atoms with Crippen molar-refractivity contribution in [3.63, 3.8) is 0 Å². The molecule has 1 atom stereocenters. The van der Waals surface area contributed by atoms with Gasteiger partial charge in [-0.1, -0.05) is 12.1 Å². The van der Waals surface area contributed by atoms with E-state index in [4.69, 9.17) is 0 Å². The Morgan fingerprint density at radius 1 is 1.17 bits per heavy atom. The van der Waals surface area contributed by atoms with E-state index < -0.39 is 5.92 Å². The molecule has 1 N–H and O–H groups in total. The first-order chi connectivity index (χ1) is 13.9. The molecule has 29 heavy (non-hydrogen) atoms. The van der Waals surface area contributed by atoms with Gasteiger partial charge in [0, 0.05) is 44.4 Å². The van der Waals surface area contributed by atoms with Gasteiger partial charge < -0.3 is 15.1 Å². The number of rotatable bonds is 4. The maximum atomic E-state index is 13.0. The van der Waals surface area contributed by atoms with Crippen LogP contribution >= 0.6 is 0 Å². The van der Waals surface area contributed by atoms with Crippen molar-refractivity contribution in [3.8, 4) is 0 Å². The Labute approximate surface area is 168 Å². The molecule has 2 aromatic carbocycles. The number of hydrogen-bond donors (Lipinski definition) is 1. The van der Waals surface area contributed by atoms with Crippen LogP contribution in [0.2, 0.25) is 0 Å². The van der Waals surface area contributed by atoms with Gasteiger partial charge in [-0.25, -0.2) is 4.39 Å². The number of amides is 3. The topological polar surface area (TPSA) is 69.7 Å². The molecule has 2 aliphatic rings. The molecule has 2 heterocycles. The van der Waals surface area contributed by atoms with E-state index in [1.807, 2.05) is 18.2 Å². The first-order valence-corrected chi connectivity index (χ1v) is 9.66. The second-order valence-electron chi connectivity index (χ2n) is 7.48. The first-order valence-electron chi connectivity index (χ1n) is 9.66. The smallest absolute Gasteiger partial charge is 0.227 e. The molecule has 0 bridgehead atoms. The van der Waals surface area contributed by atoms with Gasteiger partial charge in [0.1, 0.15) is 5.82 Å². The zero-order valence-corrected chi connectivity index (χ0v) is 16.2. The standard InChI is InChI=1S/C22H22FN3O3/c1-14(27)25-9-8-16-10-19(6-7-20(16)25)26-13-17(11-21(26)28)22(29)24-12-15-2-4-18(23)5-3-15/h2-7,10,17H,8-9,11-13H2,1H3,(H,24,29)/t17-/m1/s1. The fourth-order valence-electron chi connectivity index (χ4n) is 3.95. The number of halogens is 1. The molecule has 2 aromatic rings. The van der Waals surface area contributed by atoms with Crippen LogP contribution in [-0.4, -0.2) is 30.8 Å². The van der Waals surface area contributed by atoms with Gasteiger partial charge in [-0.3, -0.25) is 14.4 Å². The highest BCUT2D eigenvalue weighted by molar-refractivity contribution is 6.01. The van der Waals surface area contributed by atoms with Crippen LogP contribution in [0.15, 0.2) is 42.5 Å². The highest BCUT2D eigenvalue weighted by Gasteiger charge is 2.35. The van der Waals surface area contributed by atoms with Gasteiger partial charge >= 0.3 is 0 Å². The Bertz CT molecular complexity index is 974. The summed E-state index contributed by atoms with van der Waals surface area (Å²) in [6.07, 6.45) is 0.915. The monoisotopic (exact) mass is 395 g/mol. The molecule has 150 valence electrons. The molecule has 6 nitrogen and oxygen atoms in total. The summed E-state index contributed by atoms with van der Waals surface area (Å²) < 4.78 is 13.0. The lowest BCUT2D eigenvalue weighted by Gasteiger charge is -2.19. The highest BCUT2D eigenvalue weighted by atomic mass is 19.1. The lowest BCUT2D eigenvalue weighted by molar-refractivity contribution is -0.126. The summed E-state index contributed by atoms with van der Waals surface area (Å²) >= 11 is 0. The Morgan fingerprint density at radius 2 is 1.93 bits per heavy atom. The Kier molecular flexibility index (Phi) is 5.05. The van der Waals surface area contributed by atoms with Gasteiger partial charge in [0.15, 0.2) is 0 Å². The average molecular weight is 395 g/mol. The van der Waals surface area contributed by atoms with Crippen LogP contribution < -0.4 is 15.1 Å². The SMILES string of the molecule is CC(=O)N1CCc2cc(N3C[C@H](C(=O)NCc4ccc(F)cc4)CC3=O)ccc21. The van der Waals surface area contributed by atoms with E-state index in [0.717, 1.165) is 28.9 Å². The predicted octanol–water partition coefficient (Wildman–Crippen LogP) is 2.40. The molecule has 0 aliphatic carbocycles. The van der Waals surface area contributed by atoms with E-state index in [0.29, 0.717) is 19.6 Å². The molecular weight excluding hydrogens is 373 g/mol. The van der Waals surface area contributed by atoms with E-state index in [2.05, 4.69) is 5.32 Å². The molecule has 2 aliphatic heterocycles. The molecule has 0 spiro atoms. The molecule has 0 saturated carbocycles. The maximum absolute atomic E-state index is 13.0. The summed E-state index contributed by atoms with van der Waals surface area (Å²) in [6, 6.07) is 11.6. The average Bonchev–Trinajstić information content (AvgIpc) is 3.30. The van der Waals surface area contributed by atoms with Crippen LogP contribution in [0.5, 0.6) is 0 Å². The zero-order valence-electron chi connectivity index (χ0n) is 16.2. The molecule has 1 saturated heterocycles. The van der Waals surface area contributed by atoms with Crippen molar-refractivity contribution in [2.24, 2.45) is 5.92 Å². The van der Waals surface area contributed by atoms with Gasteiger partial charge in [-0.2, -0.15) is 0 Å². The molecule has 3 amide bonds. The molecule has 0 unspecified atom stereocenters. The van der Waals surface area contributed by atoms with Crippen LogP contribution in [0.4, 0.5) is 15.8 Å². The Morgan fingerprint density at radius 3 is 2.66 bits per heavy atom. The van der Waals surface area contributed by atoms with Gasteiger partial charge in [-0.15, -0.1) is 0 Å². The molecule has 1 fully saturated rings. The van der Waals surface area contributed by atoms with E-state index in [1.54, 1.807) is 28.9 Å². The minimum atomic E-state index is -0.426. The minimum Gasteiger partial charge on any atom is -0.352 e. The van der Waals surface area contributed by atoms with Crippen LogP contribution in [0.3, 0.4) is 0 Å². The first kappa shape index (κ1) is 19.1.